The second-order valence-corrected chi connectivity index (χ2v) is 4.75. The molecule has 0 saturated heterocycles. The molecule has 74 valence electrons. The molecule has 0 fully saturated rings. The van der Waals surface area contributed by atoms with Crippen molar-refractivity contribution < 1.29 is 0 Å². The zero-order chi connectivity index (χ0) is 9.78. The fourth-order valence-electron chi connectivity index (χ4n) is 1.31. The molecule has 0 spiro atoms. The van der Waals surface area contributed by atoms with E-state index >= 15 is 0 Å². The van der Waals surface area contributed by atoms with Crippen LogP contribution in [0, 0.1) is 11.8 Å². The van der Waals surface area contributed by atoms with Crippen LogP contribution in [0.1, 0.15) is 53.9 Å². The summed E-state index contributed by atoms with van der Waals surface area (Å²) in [6.07, 6.45) is 3.59. The standard InChI is InChI=1S/C11H25N/c1-6-10(4)11(5,12)8-7-9(2)3/h9-10H,6-8,12H2,1-5H3. The molecule has 2 atom stereocenters. The van der Waals surface area contributed by atoms with Crippen LogP contribution in [-0.2, 0) is 0 Å². The average Bonchev–Trinajstić information content (AvgIpc) is 1.99. The molecule has 1 heteroatoms. The van der Waals surface area contributed by atoms with Crippen molar-refractivity contribution in [1.82, 2.24) is 0 Å². The molecule has 12 heavy (non-hydrogen) atoms. The molecule has 0 aromatic rings. The van der Waals surface area contributed by atoms with Gasteiger partial charge in [0.1, 0.15) is 0 Å². The molecule has 0 heterocycles. The maximum absolute atomic E-state index is 6.22. The van der Waals surface area contributed by atoms with Crippen molar-refractivity contribution in [1.29, 1.82) is 0 Å². The Labute approximate surface area is 77.7 Å². The summed E-state index contributed by atoms with van der Waals surface area (Å²) in [5.41, 5.74) is 6.26. The lowest BCUT2D eigenvalue weighted by Gasteiger charge is -2.31. The Balaban J connectivity index is 3.86. The van der Waals surface area contributed by atoms with Gasteiger partial charge in [0.05, 0.1) is 0 Å². The van der Waals surface area contributed by atoms with Crippen molar-refractivity contribution in [2.24, 2.45) is 17.6 Å². The molecular formula is C11H25N. The minimum Gasteiger partial charge on any atom is -0.325 e. The monoisotopic (exact) mass is 171 g/mol. The molecule has 0 aromatic heterocycles. The van der Waals surface area contributed by atoms with Crippen LogP contribution in [0.25, 0.3) is 0 Å². The zero-order valence-corrected chi connectivity index (χ0v) is 9.35. The van der Waals surface area contributed by atoms with Gasteiger partial charge in [0.25, 0.3) is 0 Å². The highest BCUT2D eigenvalue weighted by Crippen LogP contribution is 2.24. The fraction of sp³-hybridized carbons (Fsp3) is 1.00. The summed E-state index contributed by atoms with van der Waals surface area (Å²) in [5.74, 6) is 1.41. The SMILES string of the molecule is CCC(C)C(C)(N)CCC(C)C. The summed E-state index contributed by atoms with van der Waals surface area (Å²) >= 11 is 0. The van der Waals surface area contributed by atoms with Crippen LogP contribution in [-0.4, -0.2) is 5.54 Å². The van der Waals surface area contributed by atoms with E-state index in [9.17, 15) is 0 Å². The molecule has 0 radical (unpaired) electrons. The molecular weight excluding hydrogens is 146 g/mol. The Bertz CT molecular complexity index is 116. The number of rotatable bonds is 5. The maximum atomic E-state index is 6.22. The van der Waals surface area contributed by atoms with E-state index in [1.165, 1.54) is 12.8 Å². The summed E-state index contributed by atoms with van der Waals surface area (Å²) in [4.78, 5) is 0. The first-order valence-electron chi connectivity index (χ1n) is 5.19. The van der Waals surface area contributed by atoms with Crippen LogP contribution in [0.5, 0.6) is 0 Å². The van der Waals surface area contributed by atoms with Crippen molar-refractivity contribution in [2.75, 3.05) is 0 Å². The van der Waals surface area contributed by atoms with Crippen LogP contribution >= 0.6 is 0 Å². The predicted molar refractivity (Wildman–Crippen MR) is 56.1 cm³/mol. The third-order valence-electron chi connectivity index (χ3n) is 3.00. The molecule has 0 aliphatic heterocycles. The van der Waals surface area contributed by atoms with Gasteiger partial charge in [0, 0.05) is 5.54 Å². The van der Waals surface area contributed by atoms with E-state index in [1.807, 2.05) is 0 Å². The molecule has 2 N–H and O–H groups in total. The summed E-state index contributed by atoms with van der Waals surface area (Å²) in [6, 6.07) is 0. The van der Waals surface area contributed by atoms with E-state index in [0.29, 0.717) is 5.92 Å². The van der Waals surface area contributed by atoms with E-state index in [-0.39, 0.29) is 5.54 Å². The third kappa shape index (κ3) is 4.10. The van der Waals surface area contributed by atoms with Gasteiger partial charge in [-0.2, -0.15) is 0 Å². The van der Waals surface area contributed by atoms with Crippen LogP contribution in [0.2, 0.25) is 0 Å². The van der Waals surface area contributed by atoms with Crippen LogP contribution in [0.15, 0.2) is 0 Å². The van der Waals surface area contributed by atoms with E-state index in [1.54, 1.807) is 0 Å². The second-order valence-electron chi connectivity index (χ2n) is 4.75. The summed E-state index contributed by atoms with van der Waals surface area (Å²) < 4.78 is 0. The van der Waals surface area contributed by atoms with Crippen molar-refractivity contribution in [3.8, 4) is 0 Å². The minimum atomic E-state index is 0.0407. The third-order valence-corrected chi connectivity index (χ3v) is 3.00. The summed E-state index contributed by atoms with van der Waals surface area (Å²) in [7, 11) is 0. The van der Waals surface area contributed by atoms with Gasteiger partial charge in [-0.15, -0.1) is 0 Å². The van der Waals surface area contributed by atoms with Crippen LogP contribution in [0.4, 0.5) is 0 Å². The van der Waals surface area contributed by atoms with Gasteiger partial charge in [-0.05, 0) is 31.6 Å². The lowest BCUT2D eigenvalue weighted by atomic mass is 9.81. The Morgan fingerprint density at radius 2 is 1.75 bits per heavy atom. The Morgan fingerprint density at radius 1 is 1.25 bits per heavy atom. The Kier molecular flexibility index (Phi) is 4.84. The first-order valence-corrected chi connectivity index (χ1v) is 5.19. The quantitative estimate of drug-likeness (QED) is 0.675. The van der Waals surface area contributed by atoms with E-state index < -0.39 is 0 Å². The maximum Gasteiger partial charge on any atom is 0.0151 e. The second kappa shape index (κ2) is 4.86. The number of hydrogen-bond acceptors (Lipinski definition) is 1. The van der Waals surface area contributed by atoms with Gasteiger partial charge in [0.15, 0.2) is 0 Å². The van der Waals surface area contributed by atoms with Gasteiger partial charge in [-0.3, -0.25) is 0 Å². The molecule has 0 aliphatic carbocycles. The van der Waals surface area contributed by atoms with Gasteiger partial charge >= 0.3 is 0 Å². The molecule has 1 nitrogen and oxygen atoms in total. The topological polar surface area (TPSA) is 26.0 Å². The fourth-order valence-corrected chi connectivity index (χ4v) is 1.31. The zero-order valence-electron chi connectivity index (χ0n) is 9.35. The van der Waals surface area contributed by atoms with Gasteiger partial charge in [-0.1, -0.05) is 34.1 Å². The van der Waals surface area contributed by atoms with Gasteiger partial charge in [0.2, 0.25) is 0 Å². The van der Waals surface area contributed by atoms with Crippen LogP contribution < -0.4 is 5.73 Å². The highest BCUT2D eigenvalue weighted by Gasteiger charge is 2.24. The average molecular weight is 171 g/mol. The summed E-state index contributed by atoms with van der Waals surface area (Å²) in [5, 5.41) is 0. The molecule has 0 aromatic carbocycles. The first kappa shape index (κ1) is 12.0. The van der Waals surface area contributed by atoms with Gasteiger partial charge in [-0.25, -0.2) is 0 Å². The molecule has 2 unspecified atom stereocenters. The highest BCUT2D eigenvalue weighted by molar-refractivity contribution is 4.83. The van der Waals surface area contributed by atoms with Crippen molar-refractivity contribution in [3.63, 3.8) is 0 Å². The molecule has 0 bridgehead atoms. The Hall–Kier alpha value is -0.0400. The van der Waals surface area contributed by atoms with E-state index in [0.717, 1.165) is 12.3 Å². The van der Waals surface area contributed by atoms with Crippen molar-refractivity contribution in [2.45, 2.75) is 59.4 Å². The number of nitrogens with two attached hydrogens (primary N) is 1. The largest absolute Gasteiger partial charge is 0.325 e. The van der Waals surface area contributed by atoms with Crippen molar-refractivity contribution >= 4 is 0 Å². The lowest BCUT2D eigenvalue weighted by molar-refractivity contribution is 0.270. The predicted octanol–water partition coefficient (Wildman–Crippen LogP) is 3.19. The molecule has 0 rings (SSSR count). The van der Waals surface area contributed by atoms with E-state index in [2.05, 4.69) is 34.6 Å². The van der Waals surface area contributed by atoms with Crippen LogP contribution in [0.3, 0.4) is 0 Å². The van der Waals surface area contributed by atoms with Crippen molar-refractivity contribution in [3.05, 3.63) is 0 Å². The Morgan fingerprint density at radius 3 is 2.08 bits per heavy atom. The summed E-state index contributed by atoms with van der Waals surface area (Å²) in [6.45, 7) is 11.2. The van der Waals surface area contributed by atoms with Gasteiger partial charge < -0.3 is 5.73 Å². The number of hydrogen-bond donors (Lipinski definition) is 1. The lowest BCUT2D eigenvalue weighted by Crippen LogP contribution is -2.42. The minimum absolute atomic E-state index is 0.0407. The smallest absolute Gasteiger partial charge is 0.0151 e. The molecule has 0 amide bonds. The molecule has 0 saturated carbocycles. The normalized spacial score (nSPS) is 19.2. The highest BCUT2D eigenvalue weighted by atomic mass is 14.7. The molecule has 0 aliphatic rings. The van der Waals surface area contributed by atoms with E-state index in [4.69, 9.17) is 5.73 Å². The first-order chi connectivity index (χ1) is 5.40.